The molecule has 1 unspecified atom stereocenters. The first-order valence-corrected chi connectivity index (χ1v) is 15.2. The van der Waals surface area contributed by atoms with Crippen molar-refractivity contribution in [3.8, 4) is 11.4 Å². The van der Waals surface area contributed by atoms with Crippen LogP contribution in [0.2, 0.25) is 0 Å². The average Bonchev–Trinajstić information content (AvgIpc) is 3.35. The van der Waals surface area contributed by atoms with Gasteiger partial charge in [-0.15, -0.1) is 10.2 Å². The van der Waals surface area contributed by atoms with Crippen LogP contribution in [0.1, 0.15) is 27.2 Å². The van der Waals surface area contributed by atoms with Gasteiger partial charge >= 0.3 is 0 Å². The molecule has 1 aromatic carbocycles. The molecule has 1 atom stereocenters. The molecule has 2 N–H and O–H groups in total. The summed E-state index contributed by atoms with van der Waals surface area (Å²) in [5.41, 5.74) is 0.479. The van der Waals surface area contributed by atoms with Gasteiger partial charge in [-0.1, -0.05) is 37.7 Å². The molecule has 1 aliphatic heterocycles. The molecule has 14 heteroatoms. The Morgan fingerprint density at radius 1 is 1.21 bits per heavy atom. The molecule has 1 aliphatic rings. The van der Waals surface area contributed by atoms with Gasteiger partial charge in [0.25, 0.3) is 0 Å². The van der Waals surface area contributed by atoms with Crippen molar-refractivity contribution in [1.29, 1.82) is 0 Å². The number of nitrogen functional groups attached to an aromatic ring is 1. The Balaban J connectivity index is 1.75. The highest BCUT2D eigenvalue weighted by Gasteiger charge is 2.34. The van der Waals surface area contributed by atoms with Crippen molar-refractivity contribution in [3.05, 3.63) is 24.3 Å². The first-order valence-electron chi connectivity index (χ1n) is 11.0. The minimum atomic E-state index is -3.65. The fourth-order valence-corrected chi connectivity index (χ4v) is 7.93. The second kappa shape index (κ2) is 10.6. The molecule has 1 fully saturated rings. The van der Waals surface area contributed by atoms with Gasteiger partial charge in [-0.3, -0.25) is 4.79 Å². The fourth-order valence-electron chi connectivity index (χ4n) is 3.95. The van der Waals surface area contributed by atoms with Crippen LogP contribution in [0.25, 0.3) is 11.4 Å². The zero-order chi connectivity index (χ0) is 25.1. The molecule has 0 radical (unpaired) electrons. The molecule has 2 aromatic rings. The zero-order valence-electron chi connectivity index (χ0n) is 19.4. The Labute approximate surface area is 204 Å². The van der Waals surface area contributed by atoms with Gasteiger partial charge in [0.15, 0.2) is 15.7 Å². The van der Waals surface area contributed by atoms with E-state index in [1.54, 1.807) is 30.9 Å². The Bertz CT molecular complexity index is 1240. The molecule has 1 saturated heterocycles. The van der Waals surface area contributed by atoms with E-state index in [4.69, 9.17) is 5.84 Å². The monoisotopic (exact) mass is 530 g/mol. The minimum absolute atomic E-state index is 0.0127. The van der Waals surface area contributed by atoms with Gasteiger partial charge in [0, 0.05) is 31.2 Å². The van der Waals surface area contributed by atoms with E-state index < -0.39 is 19.9 Å². The fraction of sp³-hybridized carbons (Fsp3) is 0.550. The standard InChI is InChI=1S/C20H30N6O5S3/c1-4-24(5-2)34(30,31)17-9-7-8-15(12-17)19-22-23-20(26(19)21)32-13-18(27)25(6-3)16-10-11-33(28,29)14-16/h7-9,12,16H,4-6,10-11,13-14,21H2,1-3H3. The summed E-state index contributed by atoms with van der Waals surface area (Å²) in [4.78, 5) is 14.5. The van der Waals surface area contributed by atoms with Crippen molar-refractivity contribution in [2.45, 2.75) is 43.3 Å². The second-order valence-corrected chi connectivity index (χ2v) is 12.9. The van der Waals surface area contributed by atoms with Crippen LogP contribution < -0.4 is 5.84 Å². The van der Waals surface area contributed by atoms with Crippen LogP contribution in [0, 0.1) is 0 Å². The number of carbonyl (C=O) groups excluding carboxylic acids is 1. The molecule has 2 heterocycles. The maximum atomic E-state index is 12.9. The Morgan fingerprint density at radius 3 is 2.50 bits per heavy atom. The predicted molar refractivity (Wildman–Crippen MR) is 131 cm³/mol. The molecule has 11 nitrogen and oxygen atoms in total. The zero-order valence-corrected chi connectivity index (χ0v) is 21.9. The van der Waals surface area contributed by atoms with Gasteiger partial charge in [-0.2, -0.15) is 4.31 Å². The van der Waals surface area contributed by atoms with Gasteiger partial charge in [0.05, 0.1) is 22.2 Å². The lowest BCUT2D eigenvalue weighted by molar-refractivity contribution is -0.129. The van der Waals surface area contributed by atoms with E-state index in [1.807, 2.05) is 6.92 Å². The van der Waals surface area contributed by atoms with Gasteiger partial charge < -0.3 is 10.7 Å². The van der Waals surface area contributed by atoms with E-state index in [1.165, 1.54) is 21.1 Å². The number of nitrogens with two attached hydrogens (primary N) is 1. The minimum Gasteiger partial charge on any atom is -0.338 e. The number of hydrogen-bond donors (Lipinski definition) is 1. The lowest BCUT2D eigenvalue weighted by atomic mass is 10.2. The molecule has 0 saturated carbocycles. The summed E-state index contributed by atoms with van der Waals surface area (Å²) in [7, 11) is -6.75. The number of carbonyl (C=O) groups is 1. The van der Waals surface area contributed by atoms with E-state index in [0.717, 1.165) is 11.8 Å². The number of nitrogens with zero attached hydrogens (tertiary/aromatic N) is 5. The number of thioether (sulfide) groups is 1. The van der Waals surface area contributed by atoms with Crippen molar-refractivity contribution in [2.75, 3.05) is 42.7 Å². The molecule has 0 spiro atoms. The molecule has 34 heavy (non-hydrogen) atoms. The number of aromatic nitrogens is 3. The summed E-state index contributed by atoms with van der Waals surface area (Å²) < 4.78 is 51.9. The van der Waals surface area contributed by atoms with Gasteiger partial charge in [0.2, 0.25) is 21.1 Å². The normalized spacial score (nSPS) is 17.8. The van der Waals surface area contributed by atoms with Crippen molar-refractivity contribution in [1.82, 2.24) is 24.1 Å². The highest BCUT2D eigenvalue weighted by atomic mass is 32.2. The van der Waals surface area contributed by atoms with Crippen LogP contribution in [-0.2, 0) is 24.7 Å². The molecule has 1 amide bonds. The maximum absolute atomic E-state index is 12.9. The lowest BCUT2D eigenvalue weighted by Gasteiger charge is -2.26. The summed E-state index contributed by atoms with van der Waals surface area (Å²) >= 11 is 1.09. The molecule has 1 aromatic heterocycles. The lowest BCUT2D eigenvalue weighted by Crippen LogP contribution is -2.42. The third kappa shape index (κ3) is 5.56. The number of sulfone groups is 1. The Morgan fingerprint density at radius 2 is 1.91 bits per heavy atom. The molecule has 0 bridgehead atoms. The smallest absolute Gasteiger partial charge is 0.243 e. The molecular weight excluding hydrogens is 500 g/mol. The van der Waals surface area contributed by atoms with Crippen LogP contribution in [-0.4, -0.2) is 89.8 Å². The van der Waals surface area contributed by atoms with E-state index in [0.29, 0.717) is 31.6 Å². The number of amides is 1. The van der Waals surface area contributed by atoms with Crippen LogP contribution in [0.15, 0.2) is 34.3 Å². The van der Waals surface area contributed by atoms with Gasteiger partial charge in [0.1, 0.15) is 0 Å². The maximum Gasteiger partial charge on any atom is 0.243 e. The molecular formula is C20H30N6O5S3. The van der Waals surface area contributed by atoms with Crippen LogP contribution in [0.5, 0.6) is 0 Å². The van der Waals surface area contributed by atoms with Crippen molar-refractivity contribution >= 4 is 37.5 Å². The van der Waals surface area contributed by atoms with Gasteiger partial charge in [-0.25, -0.2) is 21.5 Å². The first-order chi connectivity index (χ1) is 16.0. The SMILES string of the molecule is CCN(C(=O)CSc1nnc(-c2cccc(S(=O)(=O)N(CC)CC)c2)n1N)C1CCS(=O)(=O)C1. The number of sulfonamides is 1. The quantitative estimate of drug-likeness (QED) is 0.348. The van der Waals surface area contributed by atoms with Crippen LogP contribution in [0.3, 0.4) is 0 Å². The molecule has 3 rings (SSSR count). The first kappa shape index (κ1) is 26.4. The van der Waals surface area contributed by atoms with E-state index in [-0.39, 0.29) is 45.1 Å². The largest absolute Gasteiger partial charge is 0.338 e. The molecule has 0 aliphatic carbocycles. The van der Waals surface area contributed by atoms with E-state index in [2.05, 4.69) is 10.2 Å². The van der Waals surface area contributed by atoms with E-state index in [9.17, 15) is 21.6 Å². The van der Waals surface area contributed by atoms with Gasteiger partial charge in [-0.05, 0) is 25.5 Å². The van der Waals surface area contributed by atoms with Crippen molar-refractivity contribution in [3.63, 3.8) is 0 Å². The summed E-state index contributed by atoms with van der Waals surface area (Å²) in [6, 6.07) is 6.01. The van der Waals surface area contributed by atoms with Crippen LogP contribution >= 0.6 is 11.8 Å². The highest BCUT2D eigenvalue weighted by molar-refractivity contribution is 7.99. The predicted octanol–water partition coefficient (Wildman–Crippen LogP) is 0.817. The number of hydrogen-bond acceptors (Lipinski definition) is 9. The average molecular weight is 531 g/mol. The Hall–Kier alpha value is -2.16. The highest BCUT2D eigenvalue weighted by Crippen LogP contribution is 2.26. The Kier molecular flexibility index (Phi) is 8.26. The van der Waals surface area contributed by atoms with Crippen molar-refractivity contribution in [2.24, 2.45) is 0 Å². The van der Waals surface area contributed by atoms with E-state index >= 15 is 0 Å². The second-order valence-electron chi connectivity index (χ2n) is 7.82. The van der Waals surface area contributed by atoms with Crippen molar-refractivity contribution < 1.29 is 21.6 Å². The van der Waals surface area contributed by atoms with Crippen LogP contribution in [0.4, 0.5) is 0 Å². The third-order valence-corrected chi connectivity index (χ3v) is 10.5. The number of benzene rings is 1. The summed E-state index contributed by atoms with van der Waals surface area (Å²) in [6.45, 7) is 6.48. The third-order valence-electron chi connectivity index (χ3n) is 5.73. The summed E-state index contributed by atoms with van der Waals surface area (Å²) in [6.07, 6.45) is 0.441. The summed E-state index contributed by atoms with van der Waals surface area (Å²) in [5.74, 6) is 6.33. The topological polar surface area (TPSA) is 149 Å². The number of rotatable bonds is 10. The summed E-state index contributed by atoms with van der Waals surface area (Å²) in [5, 5.41) is 8.43. The molecule has 188 valence electrons.